The number of aromatic nitrogens is 1. The summed E-state index contributed by atoms with van der Waals surface area (Å²) in [6.45, 7) is 2.94. The molecule has 0 aliphatic carbocycles. The molecule has 0 radical (unpaired) electrons. The zero-order valence-electron chi connectivity index (χ0n) is 7.92. The van der Waals surface area contributed by atoms with Gasteiger partial charge >= 0.3 is 0 Å². The van der Waals surface area contributed by atoms with E-state index in [0.717, 1.165) is 31.3 Å². The van der Waals surface area contributed by atoms with Crippen molar-refractivity contribution in [3.05, 3.63) is 12.0 Å². The third-order valence-electron chi connectivity index (χ3n) is 2.27. The van der Waals surface area contributed by atoms with E-state index in [9.17, 15) is 0 Å². The third-order valence-corrected chi connectivity index (χ3v) is 2.27. The number of hydrogen-bond acceptors (Lipinski definition) is 4. The van der Waals surface area contributed by atoms with Crippen LogP contribution in [0.2, 0.25) is 0 Å². The van der Waals surface area contributed by atoms with Crippen LogP contribution in [0.5, 0.6) is 0 Å². The first-order chi connectivity index (χ1) is 6.40. The molecule has 4 heteroatoms. The molecule has 1 aromatic heterocycles. The Morgan fingerprint density at radius 3 is 3.00 bits per heavy atom. The molecule has 1 aliphatic rings. The van der Waals surface area contributed by atoms with Gasteiger partial charge in [-0.05, 0) is 19.9 Å². The quantitative estimate of drug-likeness (QED) is 0.755. The topological polar surface area (TPSA) is 41.3 Å². The summed E-state index contributed by atoms with van der Waals surface area (Å²) in [4.78, 5) is 6.57. The summed E-state index contributed by atoms with van der Waals surface area (Å²) in [5.41, 5.74) is 0.976. The van der Waals surface area contributed by atoms with Gasteiger partial charge in [-0.3, -0.25) is 0 Å². The van der Waals surface area contributed by atoms with Crippen LogP contribution in [-0.2, 0) is 6.54 Å². The van der Waals surface area contributed by atoms with Gasteiger partial charge in [0.1, 0.15) is 6.26 Å². The summed E-state index contributed by atoms with van der Waals surface area (Å²) in [5.74, 6) is 0. The Bertz CT molecular complexity index is 266. The van der Waals surface area contributed by atoms with Crippen molar-refractivity contribution in [2.45, 2.75) is 19.4 Å². The second-order valence-electron chi connectivity index (χ2n) is 3.35. The maximum Gasteiger partial charge on any atom is 0.297 e. The Labute approximate surface area is 77.9 Å². The fourth-order valence-electron chi connectivity index (χ4n) is 1.61. The Kier molecular flexibility index (Phi) is 2.49. The first-order valence-electron chi connectivity index (χ1n) is 4.74. The minimum absolute atomic E-state index is 0.775. The number of anilines is 1. The monoisotopic (exact) mass is 181 g/mol. The second kappa shape index (κ2) is 3.79. The van der Waals surface area contributed by atoms with Crippen molar-refractivity contribution < 1.29 is 4.42 Å². The Hall–Kier alpha value is -1.03. The fourth-order valence-corrected chi connectivity index (χ4v) is 1.61. The van der Waals surface area contributed by atoms with Crippen LogP contribution in [0.4, 0.5) is 6.01 Å². The van der Waals surface area contributed by atoms with Gasteiger partial charge in [-0.15, -0.1) is 0 Å². The third kappa shape index (κ3) is 1.83. The van der Waals surface area contributed by atoms with Crippen LogP contribution >= 0.6 is 0 Å². The molecule has 1 aliphatic heterocycles. The van der Waals surface area contributed by atoms with E-state index < -0.39 is 0 Å². The summed E-state index contributed by atoms with van der Waals surface area (Å²) < 4.78 is 5.38. The van der Waals surface area contributed by atoms with Crippen molar-refractivity contribution in [1.29, 1.82) is 0 Å². The molecular weight excluding hydrogens is 166 g/mol. The molecular formula is C9H15N3O. The highest BCUT2D eigenvalue weighted by molar-refractivity contribution is 5.28. The van der Waals surface area contributed by atoms with Gasteiger partial charge in [0.05, 0.1) is 5.69 Å². The van der Waals surface area contributed by atoms with Gasteiger partial charge in [0, 0.05) is 19.6 Å². The van der Waals surface area contributed by atoms with E-state index in [2.05, 4.69) is 15.2 Å². The molecule has 2 rings (SSSR count). The maximum atomic E-state index is 5.38. The van der Waals surface area contributed by atoms with Crippen molar-refractivity contribution in [2.75, 3.05) is 25.0 Å². The van der Waals surface area contributed by atoms with Gasteiger partial charge in [-0.25, -0.2) is 0 Å². The average Bonchev–Trinajstić information content (AvgIpc) is 2.70. The van der Waals surface area contributed by atoms with Crippen molar-refractivity contribution >= 4 is 6.01 Å². The molecule has 0 amide bonds. The second-order valence-corrected chi connectivity index (χ2v) is 3.35. The minimum Gasteiger partial charge on any atom is -0.432 e. The highest BCUT2D eigenvalue weighted by atomic mass is 16.4. The van der Waals surface area contributed by atoms with E-state index in [1.54, 1.807) is 6.26 Å². The van der Waals surface area contributed by atoms with E-state index in [-0.39, 0.29) is 0 Å². The van der Waals surface area contributed by atoms with Crippen molar-refractivity contribution in [1.82, 2.24) is 10.3 Å². The lowest BCUT2D eigenvalue weighted by Gasteiger charge is -2.10. The summed E-state index contributed by atoms with van der Waals surface area (Å²) in [7, 11) is 1.91. The van der Waals surface area contributed by atoms with Gasteiger partial charge < -0.3 is 14.6 Å². The highest BCUT2D eigenvalue weighted by Gasteiger charge is 2.16. The van der Waals surface area contributed by atoms with E-state index in [1.165, 1.54) is 12.8 Å². The normalized spacial score (nSPS) is 16.8. The molecule has 0 unspecified atom stereocenters. The Morgan fingerprint density at radius 1 is 1.54 bits per heavy atom. The van der Waals surface area contributed by atoms with Crippen LogP contribution in [0.15, 0.2) is 10.7 Å². The van der Waals surface area contributed by atoms with Crippen LogP contribution in [0.3, 0.4) is 0 Å². The van der Waals surface area contributed by atoms with Crippen molar-refractivity contribution in [3.8, 4) is 0 Å². The molecule has 2 heterocycles. The molecule has 1 N–H and O–H groups in total. The number of nitrogens with one attached hydrogen (secondary N) is 1. The molecule has 1 fully saturated rings. The van der Waals surface area contributed by atoms with Gasteiger partial charge in [0.15, 0.2) is 0 Å². The van der Waals surface area contributed by atoms with Crippen molar-refractivity contribution in [3.63, 3.8) is 0 Å². The molecule has 4 nitrogen and oxygen atoms in total. The molecule has 0 bridgehead atoms. The SMILES string of the molecule is CNCc1coc(N2CCCC2)n1. The smallest absolute Gasteiger partial charge is 0.297 e. The summed E-state index contributed by atoms with van der Waals surface area (Å²) >= 11 is 0. The molecule has 13 heavy (non-hydrogen) atoms. The van der Waals surface area contributed by atoms with Gasteiger partial charge in [0.2, 0.25) is 0 Å². The molecule has 0 aromatic carbocycles. The molecule has 1 aromatic rings. The predicted molar refractivity (Wildman–Crippen MR) is 50.7 cm³/mol. The molecule has 0 saturated carbocycles. The highest BCUT2D eigenvalue weighted by Crippen LogP contribution is 2.18. The van der Waals surface area contributed by atoms with Crippen LogP contribution in [0, 0.1) is 0 Å². The molecule has 0 spiro atoms. The van der Waals surface area contributed by atoms with Crippen LogP contribution < -0.4 is 10.2 Å². The first kappa shape index (κ1) is 8.56. The number of rotatable bonds is 3. The summed E-state index contributed by atoms with van der Waals surface area (Å²) in [5, 5.41) is 3.05. The fraction of sp³-hybridized carbons (Fsp3) is 0.667. The number of oxazole rings is 1. The maximum absolute atomic E-state index is 5.38. The van der Waals surface area contributed by atoms with E-state index in [1.807, 2.05) is 7.05 Å². The Balaban J connectivity index is 2.03. The van der Waals surface area contributed by atoms with E-state index >= 15 is 0 Å². The summed E-state index contributed by atoms with van der Waals surface area (Å²) in [6.07, 6.45) is 4.23. The van der Waals surface area contributed by atoms with Gasteiger partial charge in [-0.2, -0.15) is 4.98 Å². The minimum atomic E-state index is 0.775. The van der Waals surface area contributed by atoms with Crippen LogP contribution in [0.25, 0.3) is 0 Å². The summed E-state index contributed by atoms with van der Waals surface area (Å²) in [6, 6.07) is 0.780. The largest absolute Gasteiger partial charge is 0.432 e. The van der Waals surface area contributed by atoms with E-state index in [0.29, 0.717) is 0 Å². The molecule has 1 saturated heterocycles. The first-order valence-corrected chi connectivity index (χ1v) is 4.74. The zero-order valence-corrected chi connectivity index (χ0v) is 7.92. The van der Waals surface area contributed by atoms with Crippen LogP contribution in [0.1, 0.15) is 18.5 Å². The number of nitrogens with zero attached hydrogens (tertiary/aromatic N) is 2. The van der Waals surface area contributed by atoms with Gasteiger partial charge in [-0.1, -0.05) is 0 Å². The van der Waals surface area contributed by atoms with Crippen molar-refractivity contribution in [2.24, 2.45) is 0 Å². The van der Waals surface area contributed by atoms with Gasteiger partial charge in [0.25, 0.3) is 6.01 Å². The molecule has 72 valence electrons. The zero-order chi connectivity index (χ0) is 9.10. The van der Waals surface area contributed by atoms with Crippen LogP contribution in [-0.4, -0.2) is 25.1 Å². The lowest BCUT2D eigenvalue weighted by Crippen LogP contribution is -2.18. The lowest BCUT2D eigenvalue weighted by molar-refractivity contribution is 0.545. The van der Waals surface area contributed by atoms with E-state index in [4.69, 9.17) is 4.42 Å². The predicted octanol–water partition coefficient (Wildman–Crippen LogP) is 0.994. The Morgan fingerprint density at radius 2 is 2.31 bits per heavy atom. The standard InChI is InChI=1S/C9H15N3O/c1-10-6-8-7-13-9(11-8)12-4-2-3-5-12/h7,10H,2-6H2,1H3. The molecule has 0 atom stereocenters. The lowest BCUT2D eigenvalue weighted by atomic mass is 10.4. The number of hydrogen-bond donors (Lipinski definition) is 1. The average molecular weight is 181 g/mol.